The molecule has 0 saturated heterocycles. The highest BCUT2D eigenvalue weighted by Gasteiger charge is 2.36. The molecule has 4 heterocycles. The van der Waals surface area contributed by atoms with Crippen LogP contribution in [0.3, 0.4) is 0 Å². The van der Waals surface area contributed by atoms with E-state index in [1.165, 1.54) is 41.9 Å². The van der Waals surface area contributed by atoms with E-state index in [0.29, 0.717) is 15.9 Å². The molecule has 0 bridgehead atoms. The van der Waals surface area contributed by atoms with Crippen LogP contribution in [0.25, 0.3) is 22.3 Å². The fourth-order valence-electron chi connectivity index (χ4n) is 4.59. The van der Waals surface area contributed by atoms with E-state index < -0.39 is 41.0 Å². The molecule has 0 fully saturated rings. The summed E-state index contributed by atoms with van der Waals surface area (Å²) >= 11 is 3.21. The number of hydrogen-bond donors (Lipinski definition) is 0. The second-order valence-electron chi connectivity index (χ2n) is 10.4. The van der Waals surface area contributed by atoms with Gasteiger partial charge in [-0.2, -0.15) is 0 Å². The second-order valence-corrected chi connectivity index (χ2v) is 11.2. The van der Waals surface area contributed by atoms with E-state index in [4.69, 9.17) is 9.47 Å². The van der Waals surface area contributed by atoms with Gasteiger partial charge in [-0.15, -0.1) is 0 Å². The standard InChI is InChI=1S/C15H20N4O6.C8H9BrN4O2.C7H12O4.CH4/c1-6-24-13(21)8(14(22)25-7-2)10-16-11-9(17(10)3)12(20)19(5)15(23)18(11)4;1-11-4-5(10-7(11)9)12(2)8(15)13(3)6(4)14;1-3-10-6(8)5-7(9)11-4-2;/h8H,6-7H2,1-5H3;1-3H3;3-5H2,1-2H3;1H4. The number of aromatic nitrogens is 8. The zero-order valence-electron chi connectivity index (χ0n) is 30.0. The summed E-state index contributed by atoms with van der Waals surface area (Å²) in [5.74, 6) is -4.21. The van der Waals surface area contributed by atoms with E-state index in [9.17, 15) is 38.4 Å². The number of carbonyl (C=O) groups is 4. The Kier molecular flexibility index (Phi) is 16.6. The predicted molar refractivity (Wildman–Crippen MR) is 191 cm³/mol. The summed E-state index contributed by atoms with van der Waals surface area (Å²) in [6, 6.07) is 0. The first-order valence-electron chi connectivity index (χ1n) is 15.5. The summed E-state index contributed by atoms with van der Waals surface area (Å²) in [5, 5.41) is 0. The minimum atomic E-state index is -1.45. The number of aryl methyl sites for hydroxylation is 4. The topological polar surface area (TPSA) is 229 Å². The van der Waals surface area contributed by atoms with Crippen molar-refractivity contribution in [2.75, 3.05) is 26.4 Å². The van der Waals surface area contributed by atoms with Crippen molar-refractivity contribution in [3.8, 4) is 0 Å². The van der Waals surface area contributed by atoms with Gasteiger partial charge in [-0.25, -0.2) is 19.6 Å². The fraction of sp³-hybridized carbons (Fsp3) is 0.548. The van der Waals surface area contributed by atoms with Gasteiger partial charge in [-0.1, -0.05) is 7.43 Å². The lowest BCUT2D eigenvalue weighted by atomic mass is 10.1. The number of ether oxygens (including phenoxy) is 4. The Bertz CT molecular complexity index is 2150. The van der Waals surface area contributed by atoms with Crippen molar-refractivity contribution in [1.82, 2.24) is 37.4 Å². The van der Waals surface area contributed by atoms with Gasteiger partial charge in [-0.3, -0.25) is 47.0 Å². The lowest BCUT2D eigenvalue weighted by Gasteiger charge is -2.14. The minimum absolute atomic E-state index is 0. The average Bonchev–Trinajstić information content (AvgIpc) is 3.57. The molecule has 0 saturated carbocycles. The Hall–Kier alpha value is -5.34. The van der Waals surface area contributed by atoms with Crippen molar-refractivity contribution in [2.45, 2.75) is 47.5 Å². The van der Waals surface area contributed by atoms with Crippen molar-refractivity contribution >= 4 is 62.1 Å². The van der Waals surface area contributed by atoms with Crippen LogP contribution in [-0.4, -0.2) is 87.7 Å². The number of imidazole rings is 2. The molecule has 0 aliphatic rings. The van der Waals surface area contributed by atoms with Crippen molar-refractivity contribution in [2.24, 2.45) is 42.3 Å². The van der Waals surface area contributed by atoms with Crippen LogP contribution in [-0.2, 0) is 80.4 Å². The third-order valence-corrected chi connectivity index (χ3v) is 7.84. The third kappa shape index (κ3) is 9.50. The molecule has 0 amide bonds. The van der Waals surface area contributed by atoms with Crippen LogP contribution in [0.15, 0.2) is 23.9 Å². The summed E-state index contributed by atoms with van der Waals surface area (Å²) in [7, 11) is 9.03. The summed E-state index contributed by atoms with van der Waals surface area (Å²) in [6.45, 7) is 7.30. The normalized spacial score (nSPS) is 10.5. The third-order valence-electron chi connectivity index (χ3n) is 7.13. The van der Waals surface area contributed by atoms with E-state index in [1.54, 1.807) is 46.4 Å². The molecule has 0 spiro atoms. The zero-order valence-corrected chi connectivity index (χ0v) is 31.6. The molecule has 21 heteroatoms. The number of hydrogen-bond acceptors (Lipinski definition) is 14. The zero-order chi connectivity index (χ0) is 38.9. The Balaban J connectivity index is 0.000000426. The van der Waals surface area contributed by atoms with Crippen molar-refractivity contribution in [3.63, 3.8) is 0 Å². The summed E-state index contributed by atoms with van der Waals surface area (Å²) in [4.78, 5) is 102. The van der Waals surface area contributed by atoms with Gasteiger partial charge in [0.2, 0.25) is 5.92 Å². The molecule has 0 atom stereocenters. The lowest BCUT2D eigenvalue weighted by Crippen LogP contribution is -2.37. The van der Waals surface area contributed by atoms with Gasteiger partial charge < -0.3 is 28.1 Å². The molecule has 0 aliphatic heterocycles. The van der Waals surface area contributed by atoms with E-state index in [0.717, 1.165) is 9.13 Å². The van der Waals surface area contributed by atoms with Crippen LogP contribution < -0.4 is 22.5 Å². The first-order valence-corrected chi connectivity index (χ1v) is 16.2. The van der Waals surface area contributed by atoms with E-state index in [-0.39, 0.29) is 68.5 Å². The van der Waals surface area contributed by atoms with Crippen molar-refractivity contribution < 1.29 is 38.1 Å². The van der Waals surface area contributed by atoms with Crippen LogP contribution in [0.4, 0.5) is 0 Å². The van der Waals surface area contributed by atoms with Gasteiger partial charge in [0.25, 0.3) is 11.1 Å². The quantitative estimate of drug-likeness (QED) is 0.0944. The van der Waals surface area contributed by atoms with Gasteiger partial charge in [0, 0.05) is 42.3 Å². The largest absolute Gasteiger partial charge is 0.466 e. The maximum absolute atomic E-state index is 12.4. The lowest BCUT2D eigenvalue weighted by molar-refractivity contribution is -0.158. The van der Waals surface area contributed by atoms with Gasteiger partial charge in [0.05, 0.1) is 26.4 Å². The second kappa shape index (κ2) is 19.3. The van der Waals surface area contributed by atoms with Crippen LogP contribution in [0, 0.1) is 0 Å². The Morgan fingerprint density at radius 2 is 0.942 bits per heavy atom. The molecule has 0 aromatic carbocycles. The number of esters is 4. The number of carbonyl (C=O) groups excluding carboxylic acids is 4. The number of nitrogens with zero attached hydrogens (tertiary/aromatic N) is 8. The highest BCUT2D eigenvalue weighted by molar-refractivity contribution is 9.10. The average molecular weight is 802 g/mol. The van der Waals surface area contributed by atoms with Gasteiger partial charge in [0.1, 0.15) is 12.2 Å². The maximum atomic E-state index is 12.4. The molecular formula is C31H45BrN8O12. The Labute approximate surface area is 305 Å². The Morgan fingerprint density at radius 3 is 1.33 bits per heavy atom. The van der Waals surface area contributed by atoms with Crippen LogP contribution in [0.2, 0.25) is 0 Å². The van der Waals surface area contributed by atoms with Crippen molar-refractivity contribution in [3.05, 3.63) is 52.2 Å². The first-order chi connectivity index (χ1) is 23.9. The smallest absolute Gasteiger partial charge is 0.332 e. The highest BCUT2D eigenvalue weighted by atomic mass is 79.9. The van der Waals surface area contributed by atoms with Crippen LogP contribution in [0.1, 0.15) is 53.3 Å². The molecule has 0 radical (unpaired) electrons. The minimum Gasteiger partial charge on any atom is -0.466 e. The van der Waals surface area contributed by atoms with E-state index >= 15 is 0 Å². The number of rotatable bonds is 9. The molecular weight excluding hydrogens is 756 g/mol. The summed E-state index contributed by atoms with van der Waals surface area (Å²) < 4.78 is 26.9. The van der Waals surface area contributed by atoms with Crippen LogP contribution >= 0.6 is 15.9 Å². The molecule has 52 heavy (non-hydrogen) atoms. The van der Waals surface area contributed by atoms with Crippen LogP contribution in [0.5, 0.6) is 0 Å². The van der Waals surface area contributed by atoms with Crippen molar-refractivity contribution in [1.29, 1.82) is 0 Å². The molecule has 4 aromatic heterocycles. The van der Waals surface area contributed by atoms with Gasteiger partial charge in [0.15, 0.2) is 27.1 Å². The Morgan fingerprint density at radius 1 is 0.577 bits per heavy atom. The summed E-state index contributed by atoms with van der Waals surface area (Å²) in [5.41, 5.74) is -0.893. The molecule has 20 nitrogen and oxygen atoms in total. The molecule has 4 aromatic rings. The number of halogens is 1. The maximum Gasteiger partial charge on any atom is 0.332 e. The monoisotopic (exact) mass is 800 g/mol. The molecule has 0 N–H and O–H groups in total. The van der Waals surface area contributed by atoms with Gasteiger partial charge in [-0.05, 0) is 43.6 Å². The van der Waals surface area contributed by atoms with E-state index in [2.05, 4.69) is 35.4 Å². The predicted octanol–water partition coefficient (Wildman–Crippen LogP) is 0.0525. The number of fused-ring (bicyclic) bond motifs is 2. The molecule has 0 aliphatic carbocycles. The molecule has 288 valence electrons. The SMILES string of the molecule is C.CCOC(=O)C(C(=O)OCC)c1nc2c(c(=O)n(C)c(=O)n2C)n1C.CCOC(=O)CC(=O)OCC.Cn1c(=O)c2c(nc(Br)n2C)n(C)c1=O. The van der Waals surface area contributed by atoms with Gasteiger partial charge >= 0.3 is 35.3 Å². The highest BCUT2D eigenvalue weighted by Crippen LogP contribution is 2.21. The first kappa shape index (κ1) is 44.7. The molecule has 4 rings (SSSR count). The fourth-order valence-corrected chi connectivity index (χ4v) is 4.93. The summed E-state index contributed by atoms with van der Waals surface area (Å²) in [6.07, 6.45) is -0.290. The van der Waals surface area contributed by atoms with E-state index in [1.807, 2.05) is 0 Å². The molecule has 0 unspecified atom stereocenters.